The van der Waals surface area contributed by atoms with Crippen molar-refractivity contribution in [2.45, 2.75) is 30.5 Å². The molecule has 1 aliphatic heterocycles. The van der Waals surface area contributed by atoms with Crippen LogP contribution in [0.5, 0.6) is 0 Å². The number of rotatable bonds is 4. The number of ether oxygens (including phenoxy) is 1. The van der Waals surface area contributed by atoms with Gasteiger partial charge in [-0.2, -0.15) is 0 Å². The Labute approximate surface area is 159 Å². The molecule has 1 fully saturated rings. The first-order chi connectivity index (χ1) is 13.1. The number of thioether (sulfide) groups is 1. The number of para-hydroxylation sites is 1. The van der Waals surface area contributed by atoms with Crippen molar-refractivity contribution in [2.75, 3.05) is 12.4 Å². The third kappa shape index (κ3) is 3.75. The van der Waals surface area contributed by atoms with Gasteiger partial charge in [0.15, 0.2) is 5.16 Å². The van der Waals surface area contributed by atoms with Gasteiger partial charge in [0.2, 0.25) is 0 Å². The van der Waals surface area contributed by atoms with Crippen molar-refractivity contribution in [3.63, 3.8) is 0 Å². The van der Waals surface area contributed by atoms with Gasteiger partial charge in [-0.05, 0) is 43.5 Å². The minimum atomic E-state index is -0.801. The van der Waals surface area contributed by atoms with E-state index >= 15 is 0 Å². The second kappa shape index (κ2) is 7.78. The molecule has 1 unspecified atom stereocenters. The van der Waals surface area contributed by atoms with Crippen LogP contribution in [0.4, 0.5) is 8.78 Å². The summed E-state index contributed by atoms with van der Waals surface area (Å²) in [6.45, 7) is 0.732. The van der Waals surface area contributed by atoms with Gasteiger partial charge < -0.3 is 4.74 Å². The largest absolute Gasteiger partial charge is 0.377 e. The monoisotopic (exact) mass is 388 g/mol. The molecule has 1 aromatic heterocycles. The molecule has 27 heavy (non-hydrogen) atoms. The normalized spacial score (nSPS) is 17.3. The molecule has 1 saturated heterocycles. The predicted octanol–water partition coefficient (Wildman–Crippen LogP) is 4.33. The second-order valence-electron chi connectivity index (χ2n) is 6.45. The summed E-state index contributed by atoms with van der Waals surface area (Å²) >= 11 is 1.36. The Hall–Kier alpha value is -2.25. The first kappa shape index (κ1) is 18.1. The summed E-state index contributed by atoms with van der Waals surface area (Å²) in [5.74, 6) is -0.874. The van der Waals surface area contributed by atoms with Crippen molar-refractivity contribution in [1.29, 1.82) is 0 Å². The maximum atomic E-state index is 14.4. The van der Waals surface area contributed by atoms with Gasteiger partial charge in [0.05, 0.1) is 22.7 Å². The van der Waals surface area contributed by atoms with Gasteiger partial charge in [-0.25, -0.2) is 13.8 Å². The van der Waals surface area contributed by atoms with Gasteiger partial charge in [0, 0.05) is 18.4 Å². The highest BCUT2D eigenvalue weighted by Gasteiger charge is 2.19. The van der Waals surface area contributed by atoms with Crippen LogP contribution in [0.25, 0.3) is 16.6 Å². The molecule has 0 saturated carbocycles. The SMILES string of the molecule is O=c1c2ccccc2nc(SCC2CCCCO2)n1-c1ccc(F)cc1F. The fourth-order valence-electron chi connectivity index (χ4n) is 3.19. The first-order valence-corrected chi connectivity index (χ1v) is 9.83. The van der Waals surface area contributed by atoms with Crippen molar-refractivity contribution in [3.8, 4) is 5.69 Å². The molecular formula is C20H18F2N2O2S. The fraction of sp³-hybridized carbons (Fsp3) is 0.300. The van der Waals surface area contributed by atoms with Crippen LogP contribution >= 0.6 is 11.8 Å². The molecule has 140 valence electrons. The minimum Gasteiger partial charge on any atom is -0.377 e. The van der Waals surface area contributed by atoms with Crippen molar-refractivity contribution >= 4 is 22.7 Å². The van der Waals surface area contributed by atoms with Gasteiger partial charge in [-0.15, -0.1) is 0 Å². The van der Waals surface area contributed by atoms with E-state index in [0.717, 1.165) is 38.0 Å². The van der Waals surface area contributed by atoms with Crippen molar-refractivity contribution < 1.29 is 13.5 Å². The molecule has 4 nitrogen and oxygen atoms in total. The Balaban J connectivity index is 1.81. The number of hydrogen-bond donors (Lipinski definition) is 0. The summed E-state index contributed by atoms with van der Waals surface area (Å²) in [5, 5.41) is 0.762. The zero-order chi connectivity index (χ0) is 18.8. The van der Waals surface area contributed by atoms with E-state index < -0.39 is 11.6 Å². The molecule has 3 aromatic rings. The average Bonchev–Trinajstić information content (AvgIpc) is 2.68. The van der Waals surface area contributed by atoms with Gasteiger partial charge in [-0.1, -0.05) is 23.9 Å². The molecule has 0 spiro atoms. The van der Waals surface area contributed by atoms with Crippen molar-refractivity contribution in [1.82, 2.24) is 9.55 Å². The predicted molar refractivity (Wildman–Crippen MR) is 102 cm³/mol. The van der Waals surface area contributed by atoms with Crippen LogP contribution < -0.4 is 5.56 Å². The highest BCUT2D eigenvalue weighted by atomic mass is 32.2. The molecule has 1 aliphatic rings. The van der Waals surface area contributed by atoms with Crippen LogP contribution in [0.3, 0.4) is 0 Å². The average molecular weight is 388 g/mol. The molecule has 7 heteroatoms. The number of hydrogen-bond acceptors (Lipinski definition) is 4. The Kier molecular flexibility index (Phi) is 5.22. The standard InChI is InChI=1S/C20H18F2N2O2S/c21-13-8-9-18(16(22)11-13)24-19(25)15-6-1-2-7-17(15)23-20(24)27-12-14-5-3-4-10-26-14/h1-2,6-9,11,14H,3-5,10,12H2. The van der Waals surface area contributed by atoms with Crippen LogP contribution in [0.2, 0.25) is 0 Å². The van der Waals surface area contributed by atoms with E-state index in [9.17, 15) is 13.6 Å². The molecule has 0 amide bonds. The lowest BCUT2D eigenvalue weighted by Crippen LogP contribution is -2.25. The van der Waals surface area contributed by atoms with Crippen molar-refractivity contribution in [3.05, 3.63) is 64.5 Å². The van der Waals surface area contributed by atoms with Gasteiger partial charge in [-0.3, -0.25) is 9.36 Å². The molecule has 0 bridgehead atoms. The van der Waals surface area contributed by atoms with E-state index in [1.54, 1.807) is 24.3 Å². The second-order valence-corrected chi connectivity index (χ2v) is 7.43. The summed E-state index contributed by atoms with van der Waals surface area (Å²) in [4.78, 5) is 17.6. The molecule has 4 rings (SSSR count). The topological polar surface area (TPSA) is 44.1 Å². The summed E-state index contributed by atoms with van der Waals surface area (Å²) in [6.07, 6.45) is 3.20. The lowest BCUT2D eigenvalue weighted by molar-refractivity contribution is 0.0315. The van der Waals surface area contributed by atoms with Crippen LogP contribution in [0.15, 0.2) is 52.4 Å². The van der Waals surface area contributed by atoms with Crippen molar-refractivity contribution in [2.24, 2.45) is 0 Å². The zero-order valence-corrected chi connectivity index (χ0v) is 15.3. The highest BCUT2D eigenvalue weighted by Crippen LogP contribution is 2.26. The number of fused-ring (bicyclic) bond motifs is 1. The molecule has 0 N–H and O–H groups in total. The van der Waals surface area contributed by atoms with E-state index in [1.165, 1.54) is 22.4 Å². The maximum absolute atomic E-state index is 14.4. The van der Waals surface area contributed by atoms with Gasteiger partial charge in [0.25, 0.3) is 5.56 Å². The smallest absolute Gasteiger partial charge is 0.266 e. The Morgan fingerprint density at radius 1 is 1.19 bits per heavy atom. The summed E-state index contributed by atoms with van der Waals surface area (Å²) in [5.41, 5.74) is 0.165. The van der Waals surface area contributed by atoms with E-state index in [0.29, 0.717) is 21.8 Å². The third-order valence-electron chi connectivity index (χ3n) is 4.57. The van der Waals surface area contributed by atoms with Crippen LogP contribution in [0, 0.1) is 11.6 Å². The Morgan fingerprint density at radius 2 is 2.04 bits per heavy atom. The minimum absolute atomic E-state index is 0.00767. The molecule has 2 aromatic carbocycles. The lowest BCUT2D eigenvalue weighted by Gasteiger charge is -2.22. The Bertz CT molecular complexity index is 1030. The van der Waals surface area contributed by atoms with Gasteiger partial charge >= 0.3 is 0 Å². The highest BCUT2D eigenvalue weighted by molar-refractivity contribution is 7.99. The summed E-state index contributed by atoms with van der Waals surface area (Å²) in [7, 11) is 0. The Morgan fingerprint density at radius 3 is 2.81 bits per heavy atom. The number of benzene rings is 2. The molecule has 1 atom stereocenters. The quantitative estimate of drug-likeness (QED) is 0.493. The molecule has 0 radical (unpaired) electrons. The summed E-state index contributed by atoms with van der Waals surface area (Å²) < 4.78 is 34.7. The number of aromatic nitrogens is 2. The van der Waals surface area contributed by atoms with Crippen LogP contribution in [-0.2, 0) is 4.74 Å². The lowest BCUT2D eigenvalue weighted by atomic mass is 10.1. The first-order valence-electron chi connectivity index (χ1n) is 8.85. The molecular weight excluding hydrogens is 370 g/mol. The van der Waals surface area contributed by atoms with Crippen LogP contribution in [0.1, 0.15) is 19.3 Å². The third-order valence-corrected chi connectivity index (χ3v) is 5.64. The zero-order valence-electron chi connectivity index (χ0n) is 14.5. The fourth-order valence-corrected chi connectivity index (χ4v) is 4.26. The van der Waals surface area contributed by atoms with E-state index in [4.69, 9.17) is 4.74 Å². The number of nitrogens with zero attached hydrogens (tertiary/aromatic N) is 2. The van der Waals surface area contributed by atoms with E-state index in [2.05, 4.69) is 4.98 Å². The van der Waals surface area contributed by atoms with Crippen LogP contribution in [-0.4, -0.2) is 28.0 Å². The maximum Gasteiger partial charge on any atom is 0.266 e. The van der Waals surface area contributed by atoms with E-state index in [-0.39, 0.29) is 17.4 Å². The number of halogens is 2. The summed E-state index contributed by atoms with van der Waals surface area (Å²) in [6, 6.07) is 10.1. The molecule has 0 aliphatic carbocycles. The van der Waals surface area contributed by atoms with Gasteiger partial charge in [0.1, 0.15) is 11.6 Å². The molecule has 2 heterocycles. The van der Waals surface area contributed by atoms with E-state index in [1.807, 2.05) is 0 Å².